The molecule has 1 amide bonds. The molecule has 0 heterocycles. The summed E-state index contributed by atoms with van der Waals surface area (Å²) in [6.07, 6.45) is 1.80. The number of nitro groups is 1. The minimum atomic E-state index is -0.591. The molecule has 0 atom stereocenters. The predicted molar refractivity (Wildman–Crippen MR) is 65.1 cm³/mol. The maximum Gasteiger partial charge on any atom is 0.289 e. The van der Waals surface area contributed by atoms with E-state index >= 15 is 0 Å². The molecule has 0 fully saturated rings. The summed E-state index contributed by atoms with van der Waals surface area (Å²) in [6.45, 7) is 0. The highest BCUT2D eigenvalue weighted by molar-refractivity contribution is 7.99. The molecule has 1 N–H and O–H groups in total. The van der Waals surface area contributed by atoms with Crippen LogP contribution in [-0.2, 0) is 4.79 Å². The van der Waals surface area contributed by atoms with E-state index in [0.717, 1.165) is 0 Å². The van der Waals surface area contributed by atoms with Gasteiger partial charge < -0.3 is 5.32 Å². The molecule has 0 aliphatic rings. The molecule has 5 nitrogen and oxygen atoms in total. The molecular weight excluding hydrogens is 252 g/mol. The number of halogens is 1. The molecule has 0 aliphatic heterocycles. The molecule has 0 aromatic heterocycles. The van der Waals surface area contributed by atoms with Gasteiger partial charge >= 0.3 is 0 Å². The Kier molecular flexibility index (Phi) is 4.57. The Bertz CT molecular complexity index is 425. The van der Waals surface area contributed by atoms with Gasteiger partial charge in [-0.1, -0.05) is 11.6 Å². The van der Waals surface area contributed by atoms with Gasteiger partial charge in [0.1, 0.15) is 5.02 Å². The Morgan fingerprint density at radius 1 is 1.62 bits per heavy atom. The summed E-state index contributed by atoms with van der Waals surface area (Å²) in [4.78, 5) is 21.2. The lowest BCUT2D eigenvalue weighted by atomic mass is 10.3. The summed E-state index contributed by atoms with van der Waals surface area (Å²) in [6, 6.07) is 4.14. The molecule has 16 heavy (non-hydrogen) atoms. The minimum absolute atomic E-state index is 0.0489. The van der Waals surface area contributed by atoms with Gasteiger partial charge in [0.2, 0.25) is 5.91 Å². The SMILES string of the molecule is CSCC(=O)Nc1ccc(Cl)c([N+](=O)[O-])c1. The van der Waals surface area contributed by atoms with Gasteiger partial charge in [0.25, 0.3) is 5.69 Å². The fourth-order valence-electron chi connectivity index (χ4n) is 1.06. The fourth-order valence-corrected chi connectivity index (χ4v) is 1.58. The van der Waals surface area contributed by atoms with Crippen molar-refractivity contribution in [2.75, 3.05) is 17.3 Å². The number of hydrogen-bond donors (Lipinski definition) is 1. The maximum absolute atomic E-state index is 11.2. The Morgan fingerprint density at radius 2 is 2.31 bits per heavy atom. The van der Waals surface area contributed by atoms with E-state index in [2.05, 4.69) is 5.32 Å². The van der Waals surface area contributed by atoms with E-state index < -0.39 is 4.92 Å². The van der Waals surface area contributed by atoms with Crippen LogP contribution >= 0.6 is 23.4 Å². The number of anilines is 1. The van der Waals surface area contributed by atoms with E-state index in [4.69, 9.17) is 11.6 Å². The van der Waals surface area contributed by atoms with Crippen molar-refractivity contribution in [1.29, 1.82) is 0 Å². The minimum Gasteiger partial charge on any atom is -0.325 e. The monoisotopic (exact) mass is 260 g/mol. The first-order valence-electron chi connectivity index (χ1n) is 4.27. The van der Waals surface area contributed by atoms with Crippen molar-refractivity contribution in [2.24, 2.45) is 0 Å². The zero-order valence-corrected chi connectivity index (χ0v) is 9.97. The second kappa shape index (κ2) is 5.72. The molecule has 0 unspecified atom stereocenters. The van der Waals surface area contributed by atoms with Gasteiger partial charge in [-0.3, -0.25) is 14.9 Å². The third-order valence-corrected chi connectivity index (χ3v) is 2.57. The summed E-state index contributed by atoms with van der Waals surface area (Å²) in [5.74, 6) is 0.0975. The predicted octanol–water partition coefficient (Wildman–Crippen LogP) is 2.55. The molecule has 7 heteroatoms. The van der Waals surface area contributed by atoms with Crippen LogP contribution < -0.4 is 5.32 Å². The van der Waals surface area contributed by atoms with Crippen molar-refractivity contribution in [1.82, 2.24) is 0 Å². The van der Waals surface area contributed by atoms with Gasteiger partial charge in [-0.05, 0) is 18.4 Å². The van der Waals surface area contributed by atoms with Gasteiger partial charge in [0, 0.05) is 11.8 Å². The molecular formula is C9H9ClN2O3S. The van der Waals surface area contributed by atoms with Crippen molar-refractivity contribution in [2.45, 2.75) is 0 Å². The number of nitrogens with one attached hydrogen (secondary N) is 1. The summed E-state index contributed by atoms with van der Waals surface area (Å²) in [5.41, 5.74) is 0.152. The van der Waals surface area contributed by atoms with Crippen LogP contribution in [0.2, 0.25) is 5.02 Å². The molecule has 86 valence electrons. The van der Waals surface area contributed by atoms with Crippen molar-refractivity contribution in [3.63, 3.8) is 0 Å². The van der Waals surface area contributed by atoms with E-state index in [1.807, 2.05) is 0 Å². The smallest absolute Gasteiger partial charge is 0.289 e. The highest BCUT2D eigenvalue weighted by Crippen LogP contribution is 2.27. The second-order valence-corrected chi connectivity index (χ2v) is 4.18. The van der Waals surface area contributed by atoms with E-state index in [0.29, 0.717) is 11.4 Å². The van der Waals surface area contributed by atoms with E-state index in [1.165, 1.54) is 30.0 Å². The molecule has 0 bridgehead atoms. The van der Waals surface area contributed by atoms with Crippen LogP contribution in [0.4, 0.5) is 11.4 Å². The number of benzene rings is 1. The van der Waals surface area contributed by atoms with E-state index in [1.54, 1.807) is 6.26 Å². The van der Waals surface area contributed by atoms with Crippen LogP contribution in [0.25, 0.3) is 0 Å². The van der Waals surface area contributed by atoms with Crippen molar-refractivity contribution >= 4 is 40.6 Å². The first-order chi connectivity index (χ1) is 7.54. The average Bonchev–Trinajstić information content (AvgIpc) is 2.21. The van der Waals surface area contributed by atoms with Crippen LogP contribution in [0.1, 0.15) is 0 Å². The lowest BCUT2D eigenvalue weighted by Crippen LogP contribution is -2.13. The number of carbonyl (C=O) groups excluding carboxylic acids is 1. The van der Waals surface area contributed by atoms with Crippen molar-refractivity contribution in [3.8, 4) is 0 Å². The first kappa shape index (κ1) is 12.8. The number of hydrogen-bond acceptors (Lipinski definition) is 4. The van der Waals surface area contributed by atoms with Crippen LogP contribution in [0.3, 0.4) is 0 Å². The summed E-state index contributed by atoms with van der Waals surface area (Å²) in [5, 5.41) is 13.2. The number of carbonyl (C=O) groups is 1. The van der Waals surface area contributed by atoms with Gasteiger partial charge in [-0.15, -0.1) is 0 Å². The highest BCUT2D eigenvalue weighted by atomic mass is 35.5. The molecule has 0 spiro atoms. The third kappa shape index (κ3) is 3.39. The molecule has 1 aromatic rings. The highest BCUT2D eigenvalue weighted by Gasteiger charge is 2.13. The standard InChI is InChI=1S/C9H9ClN2O3S/c1-16-5-9(13)11-6-2-3-7(10)8(4-6)12(14)15/h2-4H,5H2,1H3,(H,11,13). The Morgan fingerprint density at radius 3 is 2.88 bits per heavy atom. The second-order valence-electron chi connectivity index (χ2n) is 2.90. The zero-order chi connectivity index (χ0) is 12.1. The van der Waals surface area contributed by atoms with Gasteiger partial charge in [0.15, 0.2) is 0 Å². The van der Waals surface area contributed by atoms with E-state index in [-0.39, 0.29) is 16.6 Å². The lowest BCUT2D eigenvalue weighted by molar-refractivity contribution is -0.384. The van der Waals surface area contributed by atoms with Gasteiger partial charge in [-0.25, -0.2) is 0 Å². The molecule has 0 radical (unpaired) electrons. The van der Waals surface area contributed by atoms with Crippen molar-refractivity contribution < 1.29 is 9.72 Å². The largest absolute Gasteiger partial charge is 0.325 e. The topological polar surface area (TPSA) is 72.2 Å². The van der Waals surface area contributed by atoms with E-state index in [9.17, 15) is 14.9 Å². The molecule has 0 saturated heterocycles. The molecule has 0 aliphatic carbocycles. The summed E-state index contributed by atoms with van der Waals surface area (Å²) < 4.78 is 0. The Hall–Kier alpha value is -1.27. The third-order valence-electron chi connectivity index (χ3n) is 1.70. The maximum atomic E-state index is 11.2. The number of nitrogens with zero attached hydrogens (tertiary/aromatic N) is 1. The quantitative estimate of drug-likeness (QED) is 0.667. The van der Waals surface area contributed by atoms with Crippen LogP contribution in [0.15, 0.2) is 18.2 Å². The van der Waals surface area contributed by atoms with Crippen LogP contribution in [0.5, 0.6) is 0 Å². The number of rotatable bonds is 4. The average molecular weight is 261 g/mol. The number of nitro benzene ring substituents is 1. The summed E-state index contributed by atoms with van der Waals surface area (Å²) >= 11 is 7.00. The van der Waals surface area contributed by atoms with Crippen LogP contribution in [-0.4, -0.2) is 22.8 Å². The lowest BCUT2D eigenvalue weighted by Gasteiger charge is -2.04. The normalized spacial score (nSPS) is 9.88. The fraction of sp³-hybridized carbons (Fsp3) is 0.222. The molecule has 0 saturated carbocycles. The number of amides is 1. The number of thioether (sulfide) groups is 1. The summed E-state index contributed by atoms with van der Waals surface area (Å²) in [7, 11) is 0. The zero-order valence-electron chi connectivity index (χ0n) is 8.40. The first-order valence-corrected chi connectivity index (χ1v) is 6.04. The van der Waals surface area contributed by atoms with Crippen LogP contribution in [0, 0.1) is 10.1 Å². The molecule has 1 rings (SSSR count). The van der Waals surface area contributed by atoms with Gasteiger partial charge in [0.05, 0.1) is 10.7 Å². The van der Waals surface area contributed by atoms with Crippen molar-refractivity contribution in [3.05, 3.63) is 33.3 Å². The Labute approximate surface area is 101 Å². The van der Waals surface area contributed by atoms with Gasteiger partial charge in [-0.2, -0.15) is 11.8 Å². The Balaban J connectivity index is 2.87. The molecule has 1 aromatic carbocycles.